The van der Waals surface area contributed by atoms with E-state index in [2.05, 4.69) is 10.1 Å². The minimum absolute atomic E-state index is 0.00530. The smallest absolute Gasteiger partial charge is 0.336 e. The van der Waals surface area contributed by atoms with E-state index in [-0.39, 0.29) is 49.6 Å². The van der Waals surface area contributed by atoms with Crippen LogP contribution in [0.4, 0.5) is 13.2 Å². The van der Waals surface area contributed by atoms with Gasteiger partial charge in [-0.3, -0.25) is 4.79 Å². The van der Waals surface area contributed by atoms with E-state index < -0.39 is 21.8 Å². The summed E-state index contributed by atoms with van der Waals surface area (Å²) in [5, 5.41) is 4.20. The summed E-state index contributed by atoms with van der Waals surface area (Å²) in [6.45, 7) is 6.20. The number of carbonyl (C=O) groups is 1. The number of amides is 1. The van der Waals surface area contributed by atoms with Gasteiger partial charge in [0.15, 0.2) is 5.82 Å². The van der Waals surface area contributed by atoms with Crippen LogP contribution in [0.25, 0.3) is 5.82 Å². The van der Waals surface area contributed by atoms with E-state index in [0.29, 0.717) is 11.3 Å². The third-order valence-electron chi connectivity index (χ3n) is 5.16. The van der Waals surface area contributed by atoms with Crippen molar-refractivity contribution in [1.82, 2.24) is 24.0 Å². The van der Waals surface area contributed by atoms with E-state index in [1.165, 1.54) is 21.3 Å². The molecule has 8 nitrogen and oxygen atoms in total. The number of hydrogen-bond donors (Lipinski definition) is 0. The highest BCUT2D eigenvalue weighted by Crippen LogP contribution is 2.30. The molecule has 170 valence electrons. The second-order valence-corrected chi connectivity index (χ2v) is 9.76. The number of piperazine rings is 1. The summed E-state index contributed by atoms with van der Waals surface area (Å²) in [5.74, 6) is -0.275. The number of alkyl halides is 3. The van der Waals surface area contributed by atoms with E-state index in [1.54, 1.807) is 11.8 Å². The van der Waals surface area contributed by atoms with Crippen molar-refractivity contribution in [3.8, 4) is 5.82 Å². The molecule has 1 fully saturated rings. The van der Waals surface area contributed by atoms with Crippen molar-refractivity contribution in [2.24, 2.45) is 0 Å². The lowest BCUT2D eigenvalue weighted by atomic mass is 10.0. The number of rotatable bonds is 5. The first-order valence-electron chi connectivity index (χ1n) is 9.84. The second kappa shape index (κ2) is 8.58. The topological polar surface area (TPSA) is 88.4 Å². The average Bonchev–Trinajstić information content (AvgIpc) is 3.18. The van der Waals surface area contributed by atoms with Crippen LogP contribution in [-0.4, -0.2) is 70.2 Å². The molecule has 2 aromatic rings. The van der Waals surface area contributed by atoms with E-state index in [4.69, 9.17) is 0 Å². The molecule has 1 aliphatic rings. The Kier molecular flexibility index (Phi) is 6.42. The maximum atomic E-state index is 13.1. The molecular weight excluding hydrogens is 435 g/mol. The Hall–Kier alpha value is -2.47. The van der Waals surface area contributed by atoms with Crippen LogP contribution >= 0.6 is 0 Å². The Morgan fingerprint density at radius 3 is 2.26 bits per heavy atom. The molecule has 0 aliphatic carbocycles. The molecule has 1 aliphatic heterocycles. The molecule has 0 unspecified atom stereocenters. The lowest BCUT2D eigenvalue weighted by molar-refractivity contribution is -0.137. The number of sulfonamides is 1. The van der Waals surface area contributed by atoms with Gasteiger partial charge in [0.05, 0.1) is 28.8 Å². The average molecular weight is 459 g/mol. The van der Waals surface area contributed by atoms with Crippen molar-refractivity contribution in [3.63, 3.8) is 0 Å². The summed E-state index contributed by atoms with van der Waals surface area (Å²) in [4.78, 5) is 18.6. The van der Waals surface area contributed by atoms with Crippen LogP contribution in [0.2, 0.25) is 0 Å². The quantitative estimate of drug-likeness (QED) is 0.686. The van der Waals surface area contributed by atoms with Crippen LogP contribution in [0.1, 0.15) is 48.3 Å². The Balaban J connectivity index is 1.85. The summed E-state index contributed by atoms with van der Waals surface area (Å²) in [7, 11) is -3.31. The van der Waals surface area contributed by atoms with Gasteiger partial charge in [-0.05, 0) is 25.0 Å². The zero-order valence-electron chi connectivity index (χ0n) is 17.4. The number of carbonyl (C=O) groups excluding carboxylic acids is 1. The maximum Gasteiger partial charge on any atom is 0.417 e. The predicted molar refractivity (Wildman–Crippen MR) is 107 cm³/mol. The molecule has 3 heterocycles. The molecule has 0 aromatic carbocycles. The third kappa shape index (κ3) is 4.74. The van der Waals surface area contributed by atoms with Crippen LogP contribution in [0, 0.1) is 0 Å². The highest BCUT2D eigenvalue weighted by molar-refractivity contribution is 7.89. The molecule has 2 aromatic heterocycles. The summed E-state index contributed by atoms with van der Waals surface area (Å²) in [5.41, 5.74) is -0.0185. The SMILES string of the molecule is CCS(=O)(=O)N1CCN(C(=O)c2cnn(-c3ccc(C(F)(F)F)cn3)c2C(C)C)CC1. The molecule has 3 rings (SSSR count). The van der Waals surface area contributed by atoms with Gasteiger partial charge in [-0.15, -0.1) is 0 Å². The molecular formula is C19H24F3N5O3S. The number of aromatic nitrogens is 3. The zero-order chi connectivity index (χ0) is 23.0. The van der Waals surface area contributed by atoms with Gasteiger partial charge in [-0.2, -0.15) is 22.6 Å². The summed E-state index contributed by atoms with van der Waals surface area (Å²) >= 11 is 0. The van der Waals surface area contributed by atoms with Gasteiger partial charge in [0.2, 0.25) is 10.0 Å². The van der Waals surface area contributed by atoms with Gasteiger partial charge < -0.3 is 4.90 Å². The van der Waals surface area contributed by atoms with Gasteiger partial charge >= 0.3 is 6.18 Å². The predicted octanol–water partition coefficient (Wildman–Crippen LogP) is 2.52. The Labute approximate surface area is 178 Å². The zero-order valence-corrected chi connectivity index (χ0v) is 18.2. The molecule has 0 N–H and O–H groups in total. The van der Waals surface area contributed by atoms with Gasteiger partial charge in [-0.25, -0.2) is 18.1 Å². The highest BCUT2D eigenvalue weighted by Gasteiger charge is 2.32. The number of hydrogen-bond acceptors (Lipinski definition) is 5. The normalized spacial score (nSPS) is 16.2. The molecule has 0 spiro atoms. The van der Waals surface area contributed by atoms with E-state index in [1.807, 2.05) is 13.8 Å². The van der Waals surface area contributed by atoms with Gasteiger partial charge in [-0.1, -0.05) is 13.8 Å². The first kappa shape index (κ1) is 23.2. The van der Waals surface area contributed by atoms with Crippen molar-refractivity contribution in [3.05, 3.63) is 41.3 Å². The fourth-order valence-corrected chi connectivity index (χ4v) is 4.55. The van der Waals surface area contributed by atoms with Crippen molar-refractivity contribution in [2.75, 3.05) is 31.9 Å². The molecule has 12 heteroatoms. The number of halogens is 3. The highest BCUT2D eigenvalue weighted by atomic mass is 32.2. The third-order valence-corrected chi connectivity index (χ3v) is 7.04. The molecule has 0 radical (unpaired) electrons. The van der Waals surface area contributed by atoms with Crippen LogP contribution in [0.15, 0.2) is 24.5 Å². The molecule has 0 saturated carbocycles. The standard InChI is InChI=1S/C19H24F3N5O3S/c1-4-31(29,30)26-9-7-25(8-10-26)18(28)15-12-24-27(17(15)13(2)3)16-6-5-14(11-23-16)19(20,21)22/h5-6,11-13H,4,7-10H2,1-3H3. The van der Waals surface area contributed by atoms with Gasteiger partial charge in [0, 0.05) is 32.4 Å². The van der Waals surface area contributed by atoms with Crippen molar-refractivity contribution < 1.29 is 26.4 Å². The van der Waals surface area contributed by atoms with E-state index >= 15 is 0 Å². The monoisotopic (exact) mass is 459 g/mol. The lowest BCUT2D eigenvalue weighted by Crippen LogP contribution is -2.51. The Bertz CT molecular complexity index is 1040. The van der Waals surface area contributed by atoms with Gasteiger partial charge in [0.25, 0.3) is 5.91 Å². The first-order valence-corrected chi connectivity index (χ1v) is 11.4. The van der Waals surface area contributed by atoms with Crippen LogP contribution in [0.3, 0.4) is 0 Å². The summed E-state index contributed by atoms with van der Waals surface area (Å²) < 4.78 is 65.2. The van der Waals surface area contributed by atoms with Crippen LogP contribution in [0.5, 0.6) is 0 Å². The summed E-state index contributed by atoms with van der Waals surface area (Å²) in [6.07, 6.45) is -2.38. The fraction of sp³-hybridized carbons (Fsp3) is 0.526. The first-order chi connectivity index (χ1) is 14.5. The van der Waals surface area contributed by atoms with Crippen LogP contribution < -0.4 is 0 Å². The van der Waals surface area contributed by atoms with Gasteiger partial charge in [0.1, 0.15) is 0 Å². The minimum Gasteiger partial charge on any atom is -0.336 e. The fourth-order valence-electron chi connectivity index (χ4n) is 3.46. The largest absolute Gasteiger partial charge is 0.417 e. The number of pyridine rings is 1. The second-order valence-electron chi connectivity index (χ2n) is 7.50. The lowest BCUT2D eigenvalue weighted by Gasteiger charge is -2.34. The molecule has 1 amide bonds. The van der Waals surface area contributed by atoms with Crippen molar-refractivity contribution >= 4 is 15.9 Å². The molecule has 31 heavy (non-hydrogen) atoms. The Morgan fingerprint density at radius 2 is 1.77 bits per heavy atom. The van der Waals surface area contributed by atoms with E-state index in [9.17, 15) is 26.4 Å². The molecule has 0 atom stereocenters. The van der Waals surface area contributed by atoms with Crippen molar-refractivity contribution in [1.29, 1.82) is 0 Å². The Morgan fingerprint density at radius 1 is 1.13 bits per heavy atom. The maximum absolute atomic E-state index is 13.1. The van der Waals surface area contributed by atoms with Crippen LogP contribution in [-0.2, 0) is 16.2 Å². The molecule has 0 bridgehead atoms. The molecule has 1 saturated heterocycles. The van der Waals surface area contributed by atoms with E-state index in [0.717, 1.165) is 12.3 Å². The van der Waals surface area contributed by atoms with Crippen molar-refractivity contribution in [2.45, 2.75) is 32.9 Å². The number of nitrogens with zero attached hydrogens (tertiary/aromatic N) is 5. The minimum atomic E-state index is -4.49. The summed E-state index contributed by atoms with van der Waals surface area (Å²) in [6, 6.07) is 2.13.